The summed E-state index contributed by atoms with van der Waals surface area (Å²) in [6, 6.07) is 23.0. The lowest BCUT2D eigenvalue weighted by atomic mass is 10.0. The summed E-state index contributed by atoms with van der Waals surface area (Å²) in [6.45, 7) is 6.82. The minimum absolute atomic E-state index is 0. The fourth-order valence-electron chi connectivity index (χ4n) is 4.54. The van der Waals surface area contributed by atoms with Crippen molar-refractivity contribution in [2.45, 2.75) is 26.9 Å². The Bertz CT molecular complexity index is 1280. The van der Waals surface area contributed by atoms with E-state index in [2.05, 4.69) is 70.3 Å². The first kappa shape index (κ1) is 26.3. The molecule has 0 unspecified atom stereocenters. The molecule has 0 bridgehead atoms. The van der Waals surface area contributed by atoms with E-state index in [1.54, 1.807) is 6.33 Å². The van der Waals surface area contributed by atoms with Crippen LogP contribution in [-0.4, -0.2) is 33.9 Å². The highest BCUT2D eigenvalue weighted by atomic mass is 35.5. The van der Waals surface area contributed by atoms with Gasteiger partial charge in [0.1, 0.15) is 0 Å². The number of halogens is 2. The molecule has 35 heavy (non-hydrogen) atoms. The Morgan fingerprint density at radius 2 is 1.74 bits per heavy atom. The molecule has 1 aliphatic heterocycles. The van der Waals surface area contributed by atoms with Gasteiger partial charge in [0.2, 0.25) is 0 Å². The molecule has 0 saturated heterocycles. The number of nitrogens with zero attached hydrogens (tertiary/aromatic N) is 3. The van der Waals surface area contributed by atoms with Gasteiger partial charge in [-0.3, -0.25) is 4.79 Å². The topological polar surface area (TPSA) is 52.2 Å². The molecule has 1 N–H and O–H groups in total. The molecule has 0 spiro atoms. The lowest BCUT2D eigenvalue weighted by molar-refractivity contribution is 0.0750. The van der Waals surface area contributed by atoms with Crippen LogP contribution in [0.2, 0.25) is 0 Å². The number of aryl methyl sites for hydroxylation is 1. The zero-order chi connectivity index (χ0) is 22.8. The van der Waals surface area contributed by atoms with Crippen LogP contribution in [0.5, 0.6) is 0 Å². The Hall–Kier alpha value is -3.28. The molecule has 0 saturated carbocycles. The fourth-order valence-corrected chi connectivity index (χ4v) is 4.54. The van der Waals surface area contributed by atoms with Crippen LogP contribution in [0.3, 0.4) is 0 Å². The molecule has 1 aliphatic rings. The van der Waals surface area contributed by atoms with Gasteiger partial charge in [-0.2, -0.15) is 0 Å². The molecule has 3 aromatic carbocycles. The molecule has 0 fully saturated rings. The highest BCUT2D eigenvalue weighted by Gasteiger charge is 2.25. The van der Waals surface area contributed by atoms with Gasteiger partial charge in [0.05, 0.1) is 18.6 Å². The number of benzene rings is 3. The molecule has 5 nitrogen and oxygen atoms in total. The quantitative estimate of drug-likeness (QED) is 0.357. The van der Waals surface area contributed by atoms with Crippen molar-refractivity contribution in [2.24, 2.45) is 0 Å². The Kier molecular flexibility index (Phi) is 8.60. The van der Waals surface area contributed by atoms with Crippen molar-refractivity contribution in [1.29, 1.82) is 0 Å². The van der Waals surface area contributed by atoms with E-state index in [4.69, 9.17) is 0 Å². The van der Waals surface area contributed by atoms with E-state index in [-0.39, 0.29) is 30.7 Å². The number of amides is 1. The van der Waals surface area contributed by atoms with Gasteiger partial charge >= 0.3 is 0 Å². The average molecular weight is 509 g/mol. The summed E-state index contributed by atoms with van der Waals surface area (Å²) in [5.41, 5.74) is 8.71. The Balaban J connectivity index is 0.00000171. The smallest absolute Gasteiger partial charge is 0.254 e. The van der Waals surface area contributed by atoms with E-state index >= 15 is 0 Å². The van der Waals surface area contributed by atoms with Gasteiger partial charge < -0.3 is 14.8 Å². The summed E-state index contributed by atoms with van der Waals surface area (Å²) < 4.78 is 0. The summed E-state index contributed by atoms with van der Waals surface area (Å²) in [5.74, 6) is 0.0932. The third kappa shape index (κ3) is 5.53. The summed E-state index contributed by atoms with van der Waals surface area (Å²) in [7, 11) is 0. The van der Waals surface area contributed by atoms with Gasteiger partial charge in [-0.1, -0.05) is 48.5 Å². The first-order valence-corrected chi connectivity index (χ1v) is 11.4. The van der Waals surface area contributed by atoms with E-state index < -0.39 is 0 Å². The third-order valence-corrected chi connectivity index (χ3v) is 6.57. The zero-order valence-corrected chi connectivity index (χ0v) is 21.5. The Morgan fingerprint density at radius 1 is 0.943 bits per heavy atom. The summed E-state index contributed by atoms with van der Waals surface area (Å²) >= 11 is 0. The van der Waals surface area contributed by atoms with Crippen molar-refractivity contribution in [3.8, 4) is 11.1 Å². The molecule has 1 amide bonds. The fraction of sp³-hybridized carbons (Fsp3) is 0.214. The maximum atomic E-state index is 13.6. The molecular formula is C28H30Cl2N4O. The molecule has 1 aromatic heterocycles. The van der Waals surface area contributed by atoms with Crippen molar-refractivity contribution >= 4 is 36.4 Å². The van der Waals surface area contributed by atoms with Crippen molar-refractivity contribution in [2.75, 3.05) is 18.0 Å². The molecule has 5 rings (SSSR count). The first-order valence-electron chi connectivity index (χ1n) is 11.4. The highest BCUT2D eigenvalue weighted by Crippen LogP contribution is 2.32. The van der Waals surface area contributed by atoms with Crippen LogP contribution in [0, 0.1) is 13.8 Å². The van der Waals surface area contributed by atoms with Crippen molar-refractivity contribution in [3.05, 3.63) is 107 Å². The molecule has 7 heteroatoms. The lowest BCUT2D eigenvalue weighted by Crippen LogP contribution is -2.35. The maximum Gasteiger partial charge on any atom is 0.254 e. The van der Waals surface area contributed by atoms with Crippen molar-refractivity contribution in [3.63, 3.8) is 0 Å². The van der Waals surface area contributed by atoms with Gasteiger partial charge in [-0.25, -0.2) is 4.98 Å². The third-order valence-electron chi connectivity index (χ3n) is 6.57. The van der Waals surface area contributed by atoms with Crippen LogP contribution in [-0.2, 0) is 13.1 Å². The SMILES string of the molecule is Cc1cccc(C(=O)N2CCN(Cc3cnc[nH]3)c3ccc(-c4ccccc4)cc3C2)c1C.Cl.Cl. The van der Waals surface area contributed by atoms with E-state index in [0.717, 1.165) is 46.6 Å². The van der Waals surface area contributed by atoms with Gasteiger partial charge in [-0.05, 0) is 59.9 Å². The molecule has 182 valence electrons. The second-order valence-corrected chi connectivity index (χ2v) is 8.68. The van der Waals surface area contributed by atoms with Crippen molar-refractivity contribution in [1.82, 2.24) is 14.9 Å². The van der Waals surface area contributed by atoms with Gasteiger partial charge in [0.25, 0.3) is 5.91 Å². The van der Waals surface area contributed by atoms with Crippen LogP contribution >= 0.6 is 24.8 Å². The highest BCUT2D eigenvalue weighted by molar-refractivity contribution is 5.96. The zero-order valence-electron chi connectivity index (χ0n) is 19.9. The van der Waals surface area contributed by atoms with Crippen LogP contribution in [0.25, 0.3) is 11.1 Å². The largest absolute Gasteiger partial charge is 0.364 e. The Labute approximate surface area is 219 Å². The summed E-state index contributed by atoms with van der Waals surface area (Å²) in [5, 5.41) is 0. The number of H-pyrrole nitrogens is 1. The second kappa shape index (κ2) is 11.4. The predicted molar refractivity (Wildman–Crippen MR) is 147 cm³/mol. The van der Waals surface area contributed by atoms with Gasteiger partial charge in [0, 0.05) is 37.1 Å². The minimum atomic E-state index is 0. The average Bonchev–Trinajstić information content (AvgIpc) is 3.29. The molecule has 4 aromatic rings. The van der Waals surface area contributed by atoms with E-state index in [1.165, 1.54) is 11.3 Å². The molecule has 2 heterocycles. The number of carbonyl (C=O) groups excluding carboxylic acids is 1. The van der Waals surface area contributed by atoms with Crippen molar-refractivity contribution < 1.29 is 4.79 Å². The number of anilines is 1. The van der Waals surface area contributed by atoms with Crippen LogP contribution in [0.4, 0.5) is 5.69 Å². The molecule has 0 aliphatic carbocycles. The van der Waals surface area contributed by atoms with E-state index in [9.17, 15) is 4.79 Å². The molecular weight excluding hydrogens is 479 g/mol. The standard InChI is InChI=1S/C28H28N4O.2ClH/c1-20-7-6-10-26(21(20)2)28(33)32-14-13-31(18-25-16-29-19-30-25)27-12-11-23(15-24(27)17-32)22-8-4-3-5-9-22;;/h3-12,15-16,19H,13-14,17-18H2,1-2H3,(H,29,30);2*1H. The van der Waals surface area contributed by atoms with E-state index in [1.807, 2.05) is 36.2 Å². The number of aromatic nitrogens is 2. The van der Waals surface area contributed by atoms with Gasteiger partial charge in [0.15, 0.2) is 0 Å². The maximum absolute atomic E-state index is 13.6. The van der Waals surface area contributed by atoms with Gasteiger partial charge in [-0.15, -0.1) is 24.8 Å². The number of hydrogen-bond donors (Lipinski definition) is 1. The number of hydrogen-bond acceptors (Lipinski definition) is 3. The molecule has 0 radical (unpaired) electrons. The first-order chi connectivity index (χ1) is 16.1. The Morgan fingerprint density at radius 3 is 2.49 bits per heavy atom. The monoisotopic (exact) mass is 508 g/mol. The number of rotatable bonds is 4. The van der Waals surface area contributed by atoms with Crippen LogP contribution in [0.15, 0.2) is 79.3 Å². The second-order valence-electron chi connectivity index (χ2n) is 8.68. The predicted octanol–water partition coefficient (Wildman–Crippen LogP) is 6.20. The number of aromatic amines is 1. The van der Waals surface area contributed by atoms with Crippen LogP contribution in [0.1, 0.15) is 32.7 Å². The number of nitrogens with one attached hydrogen (secondary N) is 1. The van der Waals surface area contributed by atoms with Crippen LogP contribution < -0.4 is 4.90 Å². The lowest BCUT2D eigenvalue weighted by Gasteiger charge is -2.24. The number of fused-ring (bicyclic) bond motifs is 1. The summed E-state index contributed by atoms with van der Waals surface area (Å²) in [6.07, 6.45) is 3.57. The number of carbonyl (C=O) groups is 1. The molecule has 0 atom stereocenters. The summed E-state index contributed by atoms with van der Waals surface area (Å²) in [4.78, 5) is 25.3. The van der Waals surface area contributed by atoms with E-state index in [0.29, 0.717) is 13.1 Å². The normalized spacial score (nSPS) is 12.7. The number of imidazole rings is 1. The minimum Gasteiger partial charge on any atom is -0.364 e.